The number of hydrogen-bond acceptors (Lipinski definition) is 6. The molecule has 0 radical (unpaired) electrons. The van der Waals surface area contributed by atoms with E-state index in [-0.39, 0.29) is 12.9 Å². The summed E-state index contributed by atoms with van der Waals surface area (Å²) in [6, 6.07) is 5.86. The van der Waals surface area contributed by atoms with Gasteiger partial charge in [0.2, 0.25) is 12.5 Å². The van der Waals surface area contributed by atoms with Crippen LogP contribution < -0.4 is 23.7 Å². The Balaban J connectivity index is 1.67. The second kappa shape index (κ2) is 7.32. The normalized spacial score (nSPS) is 17.3. The van der Waals surface area contributed by atoms with Crippen molar-refractivity contribution in [2.24, 2.45) is 0 Å². The Labute approximate surface area is 165 Å². The molecule has 0 N–H and O–H groups in total. The standard InChI is InChI=1S/C20H19BrO6/c1-22-17-6-11(18(21)20(24-3)19(17)23-2)4-5-14-13-8-16-15(26-10-27-16)7-12(13)9-25-14/h4-8,14H,9-10H2,1-3H3/b5-4+. The van der Waals surface area contributed by atoms with Crippen molar-refractivity contribution in [2.45, 2.75) is 12.7 Å². The van der Waals surface area contributed by atoms with Gasteiger partial charge in [-0.3, -0.25) is 0 Å². The summed E-state index contributed by atoms with van der Waals surface area (Å²) in [6.07, 6.45) is 3.80. The number of benzene rings is 2. The largest absolute Gasteiger partial charge is 0.493 e. The number of ether oxygens (including phenoxy) is 6. The highest BCUT2D eigenvalue weighted by Crippen LogP contribution is 2.46. The quantitative estimate of drug-likeness (QED) is 0.690. The molecule has 0 bridgehead atoms. The molecule has 0 saturated carbocycles. The highest BCUT2D eigenvalue weighted by Gasteiger charge is 2.26. The zero-order chi connectivity index (χ0) is 19.0. The van der Waals surface area contributed by atoms with Crippen LogP contribution in [0.5, 0.6) is 28.7 Å². The summed E-state index contributed by atoms with van der Waals surface area (Å²) in [5, 5.41) is 0. The van der Waals surface area contributed by atoms with Gasteiger partial charge in [-0.15, -0.1) is 0 Å². The molecule has 2 aromatic carbocycles. The van der Waals surface area contributed by atoms with Crippen molar-refractivity contribution in [3.63, 3.8) is 0 Å². The van der Waals surface area contributed by atoms with E-state index >= 15 is 0 Å². The third-order valence-corrected chi connectivity index (χ3v) is 5.43. The van der Waals surface area contributed by atoms with Crippen LogP contribution in [-0.2, 0) is 11.3 Å². The average molecular weight is 435 g/mol. The predicted octanol–water partition coefficient (Wildman–Crippen LogP) is 4.49. The summed E-state index contributed by atoms with van der Waals surface area (Å²) < 4.78 is 33.9. The minimum atomic E-state index is -0.166. The Morgan fingerprint density at radius 3 is 2.44 bits per heavy atom. The molecule has 1 atom stereocenters. The third kappa shape index (κ3) is 3.11. The van der Waals surface area contributed by atoms with Gasteiger partial charge in [-0.2, -0.15) is 0 Å². The Kier molecular flexibility index (Phi) is 4.88. The Bertz CT molecular complexity index is 908. The zero-order valence-corrected chi connectivity index (χ0v) is 16.8. The van der Waals surface area contributed by atoms with E-state index in [1.54, 1.807) is 21.3 Å². The lowest BCUT2D eigenvalue weighted by Gasteiger charge is -2.15. The zero-order valence-electron chi connectivity index (χ0n) is 15.2. The second-order valence-electron chi connectivity index (χ2n) is 6.04. The molecular formula is C20H19BrO6. The minimum Gasteiger partial charge on any atom is -0.493 e. The lowest BCUT2D eigenvalue weighted by atomic mass is 10.0. The maximum Gasteiger partial charge on any atom is 0.231 e. The first-order valence-corrected chi connectivity index (χ1v) is 9.16. The highest BCUT2D eigenvalue weighted by atomic mass is 79.9. The maximum absolute atomic E-state index is 5.92. The molecule has 2 heterocycles. The number of hydrogen-bond donors (Lipinski definition) is 0. The van der Waals surface area contributed by atoms with Crippen molar-refractivity contribution in [2.75, 3.05) is 28.1 Å². The fourth-order valence-electron chi connectivity index (χ4n) is 3.27. The number of fused-ring (bicyclic) bond motifs is 2. The molecule has 0 aliphatic carbocycles. The van der Waals surface area contributed by atoms with Gasteiger partial charge in [-0.1, -0.05) is 12.2 Å². The van der Waals surface area contributed by atoms with Crippen molar-refractivity contribution in [1.82, 2.24) is 0 Å². The van der Waals surface area contributed by atoms with Gasteiger partial charge in [-0.05, 0) is 50.8 Å². The van der Waals surface area contributed by atoms with Crippen LogP contribution in [0.15, 0.2) is 28.7 Å². The van der Waals surface area contributed by atoms with E-state index in [0.29, 0.717) is 23.9 Å². The molecule has 0 spiro atoms. The molecule has 0 amide bonds. The Hall–Kier alpha value is -2.38. The van der Waals surface area contributed by atoms with Gasteiger partial charge in [0, 0.05) is 0 Å². The maximum atomic E-state index is 5.92. The van der Waals surface area contributed by atoms with E-state index in [4.69, 9.17) is 28.4 Å². The molecule has 7 heteroatoms. The molecule has 4 rings (SSSR count). The van der Waals surface area contributed by atoms with E-state index in [1.165, 1.54) is 0 Å². The molecule has 2 aliphatic heterocycles. The Morgan fingerprint density at radius 2 is 1.74 bits per heavy atom. The molecular weight excluding hydrogens is 416 g/mol. The van der Waals surface area contributed by atoms with Crippen molar-refractivity contribution < 1.29 is 28.4 Å². The average Bonchev–Trinajstić information content (AvgIpc) is 3.30. The van der Waals surface area contributed by atoms with E-state index in [0.717, 1.165) is 32.7 Å². The van der Waals surface area contributed by atoms with E-state index in [2.05, 4.69) is 15.9 Å². The number of rotatable bonds is 5. The van der Waals surface area contributed by atoms with Crippen molar-refractivity contribution in [3.05, 3.63) is 45.4 Å². The van der Waals surface area contributed by atoms with E-state index in [1.807, 2.05) is 30.4 Å². The summed E-state index contributed by atoms with van der Waals surface area (Å²) in [7, 11) is 4.77. The second-order valence-corrected chi connectivity index (χ2v) is 6.84. The van der Waals surface area contributed by atoms with Gasteiger partial charge in [0.1, 0.15) is 6.10 Å². The summed E-state index contributed by atoms with van der Waals surface area (Å²) in [4.78, 5) is 0. The molecule has 142 valence electrons. The van der Waals surface area contributed by atoms with Gasteiger partial charge in [0.25, 0.3) is 0 Å². The van der Waals surface area contributed by atoms with Gasteiger partial charge >= 0.3 is 0 Å². The van der Waals surface area contributed by atoms with Crippen molar-refractivity contribution >= 4 is 22.0 Å². The number of halogens is 1. The smallest absolute Gasteiger partial charge is 0.231 e. The highest BCUT2D eigenvalue weighted by molar-refractivity contribution is 9.10. The lowest BCUT2D eigenvalue weighted by Crippen LogP contribution is -1.97. The van der Waals surface area contributed by atoms with Crippen LogP contribution in [0, 0.1) is 0 Å². The molecule has 0 fully saturated rings. The van der Waals surface area contributed by atoms with Gasteiger partial charge in [0.15, 0.2) is 23.0 Å². The molecule has 2 aliphatic rings. The fraction of sp³-hybridized carbons (Fsp3) is 0.300. The number of methoxy groups -OCH3 is 3. The first kappa shape index (κ1) is 18.0. The van der Waals surface area contributed by atoms with Crippen LogP contribution in [0.2, 0.25) is 0 Å². The topological polar surface area (TPSA) is 55.4 Å². The van der Waals surface area contributed by atoms with Gasteiger partial charge in [-0.25, -0.2) is 0 Å². The fourth-order valence-corrected chi connectivity index (χ4v) is 3.86. The molecule has 2 aromatic rings. The van der Waals surface area contributed by atoms with Crippen LogP contribution in [0.1, 0.15) is 22.8 Å². The molecule has 1 unspecified atom stereocenters. The predicted molar refractivity (Wildman–Crippen MR) is 103 cm³/mol. The monoisotopic (exact) mass is 434 g/mol. The van der Waals surface area contributed by atoms with Gasteiger partial charge < -0.3 is 28.4 Å². The summed E-state index contributed by atoms with van der Waals surface area (Å²) >= 11 is 3.59. The van der Waals surface area contributed by atoms with Crippen LogP contribution >= 0.6 is 15.9 Å². The summed E-state index contributed by atoms with van der Waals surface area (Å²) in [6.45, 7) is 0.801. The lowest BCUT2D eigenvalue weighted by molar-refractivity contribution is 0.0992. The molecule has 0 saturated heterocycles. The minimum absolute atomic E-state index is 0.166. The van der Waals surface area contributed by atoms with E-state index in [9.17, 15) is 0 Å². The molecule has 6 nitrogen and oxygen atoms in total. The van der Waals surface area contributed by atoms with Crippen LogP contribution in [0.25, 0.3) is 6.08 Å². The first-order chi connectivity index (χ1) is 13.2. The van der Waals surface area contributed by atoms with Crippen LogP contribution in [0.4, 0.5) is 0 Å². The SMILES string of the molecule is COc1cc(/C=C/C2OCc3cc4c(cc32)OCO4)c(Br)c(OC)c1OC. The van der Waals surface area contributed by atoms with E-state index < -0.39 is 0 Å². The van der Waals surface area contributed by atoms with Crippen LogP contribution in [-0.4, -0.2) is 28.1 Å². The third-order valence-electron chi connectivity index (χ3n) is 4.61. The van der Waals surface area contributed by atoms with Gasteiger partial charge in [0.05, 0.1) is 32.4 Å². The first-order valence-electron chi connectivity index (χ1n) is 8.37. The molecule has 27 heavy (non-hydrogen) atoms. The van der Waals surface area contributed by atoms with Crippen molar-refractivity contribution in [3.8, 4) is 28.7 Å². The van der Waals surface area contributed by atoms with Crippen LogP contribution in [0.3, 0.4) is 0 Å². The summed E-state index contributed by atoms with van der Waals surface area (Å²) in [5.41, 5.74) is 3.08. The van der Waals surface area contributed by atoms with Crippen molar-refractivity contribution in [1.29, 1.82) is 0 Å². The Morgan fingerprint density at radius 1 is 1.00 bits per heavy atom. The molecule has 0 aromatic heterocycles. The summed E-state index contributed by atoms with van der Waals surface area (Å²) in [5.74, 6) is 3.24.